The zero-order chi connectivity index (χ0) is 73.9. The van der Waals surface area contributed by atoms with E-state index in [0.29, 0.717) is 11.6 Å². The molecule has 18 aromatic rings. The molecule has 0 saturated heterocycles. The van der Waals surface area contributed by atoms with Gasteiger partial charge in [0.2, 0.25) is 0 Å². The predicted molar refractivity (Wildman–Crippen MR) is 460 cm³/mol. The first-order valence-electron chi connectivity index (χ1n) is 38.2. The van der Waals surface area contributed by atoms with Crippen molar-refractivity contribution < 1.29 is 0 Å². The van der Waals surface area contributed by atoms with Gasteiger partial charge in [0.1, 0.15) is 0 Å². The summed E-state index contributed by atoms with van der Waals surface area (Å²) in [4.78, 5) is 26.4. The molecule has 22 rings (SSSR count). The molecule has 2 aliphatic heterocycles. The van der Waals surface area contributed by atoms with Crippen LogP contribution in [0, 0.1) is 0 Å². The third kappa shape index (κ3) is 10.5. The molecule has 4 heterocycles. The molecule has 2 aromatic heterocycles. The summed E-state index contributed by atoms with van der Waals surface area (Å²) >= 11 is 3.75. The van der Waals surface area contributed by atoms with Crippen LogP contribution in [0.2, 0.25) is 0 Å². The van der Waals surface area contributed by atoms with Gasteiger partial charge in [-0.05, 0) is 177 Å². The Hall–Kier alpha value is -13.6. The maximum atomic E-state index is 5.52. The molecule has 112 heavy (non-hydrogen) atoms. The van der Waals surface area contributed by atoms with E-state index in [9.17, 15) is 0 Å². The van der Waals surface area contributed by atoms with Gasteiger partial charge < -0.3 is 0 Å². The number of nitrogens with zero attached hydrogens (tertiary/aromatic N) is 4. The van der Waals surface area contributed by atoms with E-state index in [-0.39, 0.29) is 0 Å². The zero-order valence-corrected chi connectivity index (χ0v) is 62.3. The first-order valence-corrected chi connectivity index (χ1v) is 39.9. The Bertz CT molecular complexity index is 6680. The predicted octanol–water partition coefficient (Wildman–Crippen LogP) is 27.3. The first-order chi connectivity index (χ1) is 55.5. The molecular formula is C106H66N4S2. The highest BCUT2D eigenvalue weighted by Crippen LogP contribution is 2.65. The van der Waals surface area contributed by atoms with Crippen LogP contribution in [0.4, 0.5) is 0 Å². The first kappa shape index (κ1) is 65.5. The highest BCUT2D eigenvalue weighted by molar-refractivity contribution is 7.99. The molecule has 0 amide bonds. The van der Waals surface area contributed by atoms with E-state index in [1.807, 2.05) is 47.8 Å². The minimum atomic E-state index is -0.597. The van der Waals surface area contributed by atoms with E-state index in [1.165, 1.54) is 86.3 Å². The highest BCUT2D eigenvalue weighted by atomic mass is 32.2. The number of hydrogen-bond acceptors (Lipinski definition) is 6. The van der Waals surface area contributed by atoms with Gasteiger partial charge in [-0.25, -0.2) is 19.9 Å². The third-order valence-corrected chi connectivity index (χ3v) is 25.6. The van der Waals surface area contributed by atoms with Crippen molar-refractivity contribution in [3.8, 4) is 146 Å². The number of benzene rings is 16. The number of aromatic nitrogens is 4. The lowest BCUT2D eigenvalue weighted by molar-refractivity contribution is 0.723. The Morgan fingerprint density at radius 3 is 1.02 bits per heavy atom. The molecule has 0 radical (unpaired) electrons. The maximum Gasteiger partial charge on any atom is 0.160 e. The minimum absolute atomic E-state index is 0.497. The Morgan fingerprint density at radius 2 is 0.473 bits per heavy atom. The number of rotatable bonds is 11. The normalized spacial score (nSPS) is 13.2. The molecule has 0 atom stereocenters. The van der Waals surface area contributed by atoms with Crippen molar-refractivity contribution >= 4 is 23.5 Å². The van der Waals surface area contributed by atoms with Gasteiger partial charge in [0.25, 0.3) is 0 Å². The maximum absolute atomic E-state index is 5.52. The Labute approximate surface area is 659 Å². The van der Waals surface area contributed by atoms with E-state index in [1.54, 1.807) is 0 Å². The summed E-state index contributed by atoms with van der Waals surface area (Å²) in [6.45, 7) is 0. The summed E-state index contributed by atoms with van der Waals surface area (Å²) in [5, 5.41) is 0. The molecule has 4 aliphatic rings. The standard InChI is InChI=1S/C106H66N4S2/c1-4-27-69(28-5-1)95-65-97(109-103(107-95)70-29-6-2-7-30-70)85-43-14-11-35-77(85)68-53-51-67(52-54-68)73-56-59-101-93(62-73)106(89-47-22-18-41-83(89)84-42-19-23-48-90(84)106)92-58-55-74(64-102(92)112-101)72-33-26-34-76(61-72)96-66-98(110-104(108-96)71-31-8-3-9-32-71)86-44-15-13-38-80(86)79-37-12-10-36-78(79)75-57-60-100-94(63-75)105(91-49-24-25-50-99(91)111-100)87-45-20-16-39-81(87)82-40-17-21-46-88(82)105/h1-66H. The van der Waals surface area contributed by atoms with Crippen LogP contribution >= 0.6 is 23.5 Å². The fraction of sp³-hybridized carbons (Fsp3) is 0.0189. The van der Waals surface area contributed by atoms with Crippen molar-refractivity contribution in [3.05, 3.63) is 445 Å². The van der Waals surface area contributed by atoms with Crippen molar-refractivity contribution in [1.29, 1.82) is 0 Å². The summed E-state index contributed by atoms with van der Waals surface area (Å²) in [5.74, 6) is 1.36. The average Bonchev–Trinajstić information content (AvgIpc) is 1.51. The number of hydrogen-bond donors (Lipinski definition) is 0. The van der Waals surface area contributed by atoms with Crippen molar-refractivity contribution in [2.45, 2.75) is 30.4 Å². The summed E-state index contributed by atoms with van der Waals surface area (Å²) in [7, 11) is 0. The second kappa shape index (κ2) is 26.6. The van der Waals surface area contributed by atoms with Gasteiger partial charge in [0.15, 0.2) is 11.6 Å². The van der Waals surface area contributed by atoms with E-state index in [2.05, 4.69) is 376 Å². The van der Waals surface area contributed by atoms with Crippen LogP contribution in [0.1, 0.15) is 44.5 Å². The van der Waals surface area contributed by atoms with Crippen LogP contribution in [0.3, 0.4) is 0 Å². The van der Waals surface area contributed by atoms with Crippen molar-refractivity contribution in [3.63, 3.8) is 0 Å². The highest BCUT2D eigenvalue weighted by Gasteiger charge is 2.52. The molecule has 522 valence electrons. The van der Waals surface area contributed by atoms with Gasteiger partial charge in [-0.1, -0.05) is 369 Å². The number of fused-ring (bicyclic) bond motifs is 18. The lowest BCUT2D eigenvalue weighted by Gasteiger charge is -2.40. The lowest BCUT2D eigenvalue weighted by Crippen LogP contribution is -2.32. The van der Waals surface area contributed by atoms with Crippen LogP contribution in [0.25, 0.3) is 146 Å². The summed E-state index contributed by atoms with van der Waals surface area (Å²) < 4.78 is 0. The van der Waals surface area contributed by atoms with Crippen LogP contribution in [-0.4, -0.2) is 19.9 Å². The Morgan fingerprint density at radius 1 is 0.152 bits per heavy atom. The van der Waals surface area contributed by atoms with Gasteiger partial charge in [-0.3, -0.25) is 0 Å². The fourth-order valence-corrected chi connectivity index (χ4v) is 20.8. The molecule has 2 spiro atoms. The molecular weight excluding hydrogens is 1390 g/mol. The second-order valence-corrected chi connectivity index (χ2v) is 31.5. The van der Waals surface area contributed by atoms with Crippen molar-refractivity contribution in [1.82, 2.24) is 19.9 Å². The van der Waals surface area contributed by atoms with Gasteiger partial charge >= 0.3 is 0 Å². The van der Waals surface area contributed by atoms with Crippen LogP contribution in [-0.2, 0) is 10.8 Å². The Balaban J connectivity index is 0.623. The van der Waals surface area contributed by atoms with Gasteiger partial charge in [-0.2, -0.15) is 0 Å². The monoisotopic (exact) mass is 1460 g/mol. The summed E-state index contributed by atoms with van der Waals surface area (Å²) in [6, 6.07) is 147. The van der Waals surface area contributed by atoms with E-state index in [0.717, 1.165) is 112 Å². The van der Waals surface area contributed by atoms with E-state index >= 15 is 0 Å². The molecule has 0 saturated carbocycles. The lowest BCUT2D eigenvalue weighted by atomic mass is 9.67. The molecule has 0 bridgehead atoms. The topological polar surface area (TPSA) is 51.6 Å². The summed E-state index contributed by atoms with van der Waals surface area (Å²) in [5.41, 5.74) is 35.3. The zero-order valence-electron chi connectivity index (χ0n) is 60.7. The van der Waals surface area contributed by atoms with E-state index in [4.69, 9.17) is 19.9 Å². The average molecular weight is 1460 g/mol. The molecule has 6 heteroatoms. The molecule has 2 aliphatic carbocycles. The molecule has 4 nitrogen and oxygen atoms in total. The van der Waals surface area contributed by atoms with Crippen molar-refractivity contribution in [2.75, 3.05) is 0 Å². The quantitative estimate of drug-likeness (QED) is 0.129. The van der Waals surface area contributed by atoms with Crippen LogP contribution < -0.4 is 0 Å². The third-order valence-electron chi connectivity index (χ3n) is 23.3. The van der Waals surface area contributed by atoms with Gasteiger partial charge in [-0.15, -0.1) is 0 Å². The second-order valence-electron chi connectivity index (χ2n) is 29.3. The SMILES string of the molecule is c1ccc(-c2cc(-c3ccccc3-c3ccc(-c4ccc5c(c4)C4(c6ccc(-c7cccc(-c8cc(-c9ccccc9-c9ccccc9-c9ccc%10c(c9)C9(c%11ccccc%11S%10)c%10ccccc%10-c%10ccccc%109)nc(-c9ccccc9)n8)c7)cc6S5)c5ccccc5-c5ccccc54)cc3)nc(-c3ccccc3)n2)cc1. The molecule has 0 unspecified atom stereocenters. The van der Waals surface area contributed by atoms with Crippen LogP contribution in [0.15, 0.2) is 420 Å². The summed E-state index contributed by atoms with van der Waals surface area (Å²) in [6.07, 6.45) is 0. The fourth-order valence-electron chi connectivity index (χ4n) is 18.4. The van der Waals surface area contributed by atoms with Crippen molar-refractivity contribution in [2.24, 2.45) is 0 Å². The van der Waals surface area contributed by atoms with Gasteiger partial charge in [0, 0.05) is 53.0 Å². The molecule has 16 aromatic carbocycles. The van der Waals surface area contributed by atoms with E-state index < -0.39 is 10.8 Å². The Kier molecular flexibility index (Phi) is 15.6. The van der Waals surface area contributed by atoms with Gasteiger partial charge in [0.05, 0.1) is 33.6 Å². The molecule has 0 fully saturated rings. The smallest absolute Gasteiger partial charge is 0.160 e. The van der Waals surface area contributed by atoms with Crippen LogP contribution in [0.5, 0.6) is 0 Å². The largest absolute Gasteiger partial charge is 0.228 e. The minimum Gasteiger partial charge on any atom is -0.228 e. The molecule has 0 N–H and O–H groups in total.